The summed E-state index contributed by atoms with van der Waals surface area (Å²) in [6.07, 6.45) is -5.08. The minimum atomic E-state index is -5.08. The smallest absolute Gasteiger partial charge is 0.480 e. The van der Waals surface area contributed by atoms with Gasteiger partial charge in [0.15, 0.2) is 16.3 Å². The first-order valence-electron chi connectivity index (χ1n) is 9.90. The second-order valence-corrected chi connectivity index (χ2v) is 8.30. The number of hydrogen-bond donors (Lipinski definition) is 3. The molecule has 0 aliphatic carbocycles. The van der Waals surface area contributed by atoms with Gasteiger partial charge in [-0.25, -0.2) is 9.78 Å². The van der Waals surface area contributed by atoms with Crippen LogP contribution < -0.4 is 15.8 Å². The molecule has 2 aromatic rings. The Morgan fingerprint density at radius 2 is 1.82 bits per heavy atom. The van der Waals surface area contributed by atoms with E-state index in [1.54, 1.807) is 20.9 Å². The number of carboxylic acids is 2. The zero-order valence-corrected chi connectivity index (χ0v) is 19.3. The fourth-order valence-electron chi connectivity index (χ4n) is 2.86. The Hall–Kier alpha value is -3.25. The number of nitrogens with one attached hydrogen (secondary N) is 1. The molecule has 0 aromatic carbocycles. The lowest BCUT2D eigenvalue weighted by atomic mass is 10.4. The average Bonchev–Trinajstić information content (AvgIpc) is 3.14. The minimum Gasteiger partial charge on any atom is -0.480 e. The summed E-state index contributed by atoms with van der Waals surface area (Å²) in [6.45, 7) is 6.90. The Morgan fingerprint density at radius 3 is 2.32 bits per heavy atom. The van der Waals surface area contributed by atoms with E-state index in [0.717, 1.165) is 37.9 Å². The number of aromatic nitrogens is 4. The molecule has 0 saturated carbocycles. The molecule has 2 aromatic heterocycles. The summed E-state index contributed by atoms with van der Waals surface area (Å²) < 4.78 is 34.9. The molecule has 1 aliphatic rings. The molecule has 3 N–H and O–H groups in total. The number of carbonyl (C=O) groups is 2. The maximum Gasteiger partial charge on any atom is 0.490 e. The summed E-state index contributed by atoms with van der Waals surface area (Å²) in [7, 11) is 1.60. The number of piperazine rings is 1. The van der Waals surface area contributed by atoms with Crippen LogP contribution in [0.15, 0.2) is 9.95 Å². The van der Waals surface area contributed by atoms with Crippen molar-refractivity contribution in [1.29, 1.82) is 0 Å². The minimum absolute atomic E-state index is 0.258. The lowest BCUT2D eigenvalue weighted by Gasteiger charge is -2.28. The van der Waals surface area contributed by atoms with Gasteiger partial charge in [0.25, 0.3) is 5.56 Å². The first kappa shape index (κ1) is 27.0. The highest BCUT2D eigenvalue weighted by Crippen LogP contribution is 2.24. The number of nitrogens with zero attached hydrogens (tertiary/aromatic N) is 5. The lowest BCUT2D eigenvalue weighted by Crippen LogP contribution is -2.44. The van der Waals surface area contributed by atoms with Crippen LogP contribution in [0.3, 0.4) is 0 Å². The monoisotopic (exact) mass is 504 g/mol. The molecule has 3 rings (SSSR count). The number of carboxylic acid groups (broad SMARTS) is 2. The number of anilines is 1. The molecule has 186 valence electrons. The van der Waals surface area contributed by atoms with Crippen LogP contribution in [0.1, 0.15) is 13.8 Å². The van der Waals surface area contributed by atoms with Gasteiger partial charge in [-0.2, -0.15) is 18.2 Å². The highest BCUT2D eigenvalue weighted by Gasteiger charge is 2.38. The van der Waals surface area contributed by atoms with E-state index >= 15 is 0 Å². The second-order valence-electron chi connectivity index (χ2n) is 6.99. The Labute approximate surface area is 196 Å². The quantitative estimate of drug-likeness (QED) is 0.303. The Morgan fingerprint density at radius 1 is 1.24 bits per heavy atom. The van der Waals surface area contributed by atoms with E-state index in [4.69, 9.17) is 15.0 Å². The van der Waals surface area contributed by atoms with Crippen LogP contribution in [0.4, 0.5) is 19.1 Å². The maximum absolute atomic E-state index is 13.0. The Bertz CT molecular complexity index is 1180. The van der Waals surface area contributed by atoms with E-state index < -0.39 is 23.4 Å². The van der Waals surface area contributed by atoms with E-state index in [0.29, 0.717) is 28.8 Å². The third-order valence-electron chi connectivity index (χ3n) is 4.61. The molecule has 3 heterocycles. The standard InChI is InChI=1S/C17H22N6O3S.C2HF3O2/c1-4-5-8-23-12-13(19-16(23)22-9-6-18-7-10-22)20-17(21(3)14(12)24)27-11(2)15(25)26;3-2(4,5)1(6)7/h11,18H,6-10H2,1-3H3,(H,25,26);(H,6,7). The van der Waals surface area contributed by atoms with Gasteiger partial charge >= 0.3 is 18.1 Å². The number of imidazole rings is 1. The van der Waals surface area contributed by atoms with E-state index in [2.05, 4.69) is 32.0 Å². The molecular formula is C19H23F3N6O5S. The molecule has 0 radical (unpaired) electrons. The highest BCUT2D eigenvalue weighted by molar-refractivity contribution is 8.00. The zero-order valence-electron chi connectivity index (χ0n) is 18.5. The summed E-state index contributed by atoms with van der Waals surface area (Å²) in [5, 5.41) is 19.2. The third kappa shape index (κ3) is 6.41. The molecule has 11 nitrogen and oxygen atoms in total. The van der Waals surface area contributed by atoms with Crippen molar-refractivity contribution in [2.45, 2.75) is 37.0 Å². The Kier molecular flexibility index (Phi) is 8.93. The number of hydrogen-bond acceptors (Lipinski definition) is 8. The molecule has 0 bridgehead atoms. The van der Waals surface area contributed by atoms with Gasteiger partial charge in [0, 0.05) is 33.2 Å². The van der Waals surface area contributed by atoms with E-state index in [-0.39, 0.29) is 5.56 Å². The molecule has 34 heavy (non-hydrogen) atoms. The summed E-state index contributed by atoms with van der Waals surface area (Å²) in [5.41, 5.74) is 0.456. The molecule has 1 saturated heterocycles. The number of thioether (sulfide) groups is 1. The van der Waals surface area contributed by atoms with Crippen molar-refractivity contribution in [1.82, 2.24) is 24.4 Å². The average molecular weight is 504 g/mol. The van der Waals surface area contributed by atoms with Crippen molar-refractivity contribution in [2.75, 3.05) is 31.1 Å². The molecule has 1 aliphatic heterocycles. The van der Waals surface area contributed by atoms with Crippen LogP contribution >= 0.6 is 11.8 Å². The summed E-state index contributed by atoms with van der Waals surface area (Å²) in [4.78, 5) is 44.3. The second kappa shape index (κ2) is 11.3. The fraction of sp³-hybridized carbons (Fsp3) is 0.526. The van der Waals surface area contributed by atoms with Gasteiger partial charge in [-0.3, -0.25) is 18.7 Å². The van der Waals surface area contributed by atoms with Crippen LogP contribution in [0.2, 0.25) is 0 Å². The maximum atomic E-state index is 13.0. The third-order valence-corrected chi connectivity index (χ3v) is 5.74. The molecular weight excluding hydrogens is 481 g/mol. The van der Waals surface area contributed by atoms with Gasteiger partial charge < -0.3 is 20.4 Å². The van der Waals surface area contributed by atoms with Crippen LogP contribution in [-0.2, 0) is 23.2 Å². The van der Waals surface area contributed by atoms with Gasteiger partial charge in [0.1, 0.15) is 5.25 Å². The van der Waals surface area contributed by atoms with Gasteiger partial charge in [0.2, 0.25) is 5.95 Å². The zero-order chi connectivity index (χ0) is 25.6. The van der Waals surface area contributed by atoms with E-state index in [9.17, 15) is 22.8 Å². The van der Waals surface area contributed by atoms with Crippen molar-refractivity contribution < 1.29 is 33.0 Å². The van der Waals surface area contributed by atoms with Gasteiger partial charge in [0.05, 0.1) is 6.54 Å². The SMILES string of the molecule is CC#CCn1c(N2CCNCC2)nc2nc(SC(C)C(=O)O)n(C)c(=O)c21.O=C(O)C(F)(F)F. The summed E-state index contributed by atoms with van der Waals surface area (Å²) in [6, 6.07) is 0. The van der Waals surface area contributed by atoms with Gasteiger partial charge in [-0.15, -0.1) is 5.92 Å². The summed E-state index contributed by atoms with van der Waals surface area (Å²) >= 11 is 1.03. The molecule has 15 heteroatoms. The van der Waals surface area contributed by atoms with Crippen LogP contribution in [0.25, 0.3) is 11.2 Å². The number of rotatable bonds is 5. The highest BCUT2D eigenvalue weighted by atomic mass is 32.2. The summed E-state index contributed by atoms with van der Waals surface area (Å²) in [5.74, 6) is 2.82. The van der Waals surface area contributed by atoms with Crippen molar-refractivity contribution in [3.05, 3.63) is 10.4 Å². The van der Waals surface area contributed by atoms with Crippen LogP contribution in [0.5, 0.6) is 0 Å². The number of halogens is 3. The largest absolute Gasteiger partial charge is 0.490 e. The number of fused-ring (bicyclic) bond motifs is 1. The van der Waals surface area contributed by atoms with Crippen LogP contribution in [0, 0.1) is 11.8 Å². The molecule has 1 fully saturated rings. The number of alkyl halides is 3. The molecule has 1 atom stereocenters. The van der Waals surface area contributed by atoms with E-state index in [1.165, 1.54) is 4.57 Å². The van der Waals surface area contributed by atoms with Gasteiger partial charge in [-0.05, 0) is 13.8 Å². The van der Waals surface area contributed by atoms with Gasteiger partial charge in [-0.1, -0.05) is 17.7 Å². The van der Waals surface area contributed by atoms with Crippen molar-refractivity contribution >= 4 is 40.8 Å². The normalized spacial score (nSPS) is 14.6. The topological polar surface area (TPSA) is 143 Å². The van der Waals surface area contributed by atoms with Crippen molar-refractivity contribution in [2.24, 2.45) is 7.05 Å². The van der Waals surface area contributed by atoms with Crippen molar-refractivity contribution in [3.63, 3.8) is 0 Å². The molecule has 1 unspecified atom stereocenters. The lowest BCUT2D eigenvalue weighted by molar-refractivity contribution is -0.192. The number of aliphatic carboxylic acids is 2. The predicted molar refractivity (Wildman–Crippen MR) is 118 cm³/mol. The first-order valence-corrected chi connectivity index (χ1v) is 10.8. The predicted octanol–water partition coefficient (Wildman–Crippen LogP) is 0.761. The van der Waals surface area contributed by atoms with Crippen LogP contribution in [-0.4, -0.2) is 78.9 Å². The fourth-order valence-corrected chi connectivity index (χ4v) is 3.65. The molecule has 0 amide bonds. The Balaban J connectivity index is 0.000000509. The first-order chi connectivity index (χ1) is 15.9. The molecule has 0 spiro atoms. The van der Waals surface area contributed by atoms with E-state index in [1.807, 2.05) is 4.57 Å². The van der Waals surface area contributed by atoms with Crippen molar-refractivity contribution in [3.8, 4) is 11.8 Å².